The minimum atomic E-state index is -0.288. The average molecular weight is 286 g/mol. The highest BCUT2D eigenvalue weighted by atomic mass is 79.9. The van der Waals surface area contributed by atoms with Gasteiger partial charge < -0.3 is 10.5 Å². The van der Waals surface area contributed by atoms with Gasteiger partial charge in [0.1, 0.15) is 0 Å². The summed E-state index contributed by atoms with van der Waals surface area (Å²) in [4.78, 5) is 0. The van der Waals surface area contributed by atoms with E-state index in [1.54, 1.807) is 0 Å². The van der Waals surface area contributed by atoms with Crippen molar-refractivity contribution < 1.29 is 4.74 Å². The Balaban J connectivity index is 2.71. The number of ether oxygens (including phenoxy) is 1. The highest BCUT2D eigenvalue weighted by molar-refractivity contribution is 9.10. The molecule has 0 amide bonds. The number of halogens is 1. The van der Waals surface area contributed by atoms with Crippen LogP contribution in [0.3, 0.4) is 0 Å². The molecular weight excluding hydrogens is 266 g/mol. The molecule has 0 fully saturated rings. The third kappa shape index (κ3) is 3.58. The lowest BCUT2D eigenvalue weighted by Gasteiger charge is -2.31. The Hall–Kier alpha value is -0.380. The summed E-state index contributed by atoms with van der Waals surface area (Å²) in [6.07, 6.45) is 0.814. The zero-order chi connectivity index (χ0) is 12.2. The molecule has 2 N–H and O–H groups in total. The Labute approximate surface area is 106 Å². The van der Waals surface area contributed by atoms with E-state index in [1.807, 2.05) is 39.0 Å². The molecule has 0 aliphatic heterocycles. The van der Waals surface area contributed by atoms with Crippen LogP contribution in [0.5, 0.6) is 0 Å². The van der Waals surface area contributed by atoms with E-state index in [0.29, 0.717) is 6.61 Å². The zero-order valence-electron chi connectivity index (χ0n) is 10.2. The maximum atomic E-state index is 6.19. The zero-order valence-corrected chi connectivity index (χ0v) is 11.8. The summed E-state index contributed by atoms with van der Waals surface area (Å²) < 4.78 is 6.77. The first-order chi connectivity index (χ1) is 7.47. The molecule has 1 rings (SSSR count). The van der Waals surface area contributed by atoms with Crippen LogP contribution in [0.1, 0.15) is 26.3 Å². The standard InChI is InChI=1S/C13H20BrNO/c1-4-16-13(2,3)12(15)9-10-7-5-6-8-11(10)14/h5-8,12H,4,9,15H2,1-3H3. The van der Waals surface area contributed by atoms with Crippen LogP contribution in [-0.2, 0) is 11.2 Å². The van der Waals surface area contributed by atoms with Crippen LogP contribution >= 0.6 is 15.9 Å². The molecule has 0 heterocycles. The number of benzene rings is 1. The molecule has 1 aromatic rings. The Bertz CT molecular complexity index is 338. The molecule has 0 spiro atoms. The maximum Gasteiger partial charge on any atom is 0.0779 e. The summed E-state index contributed by atoms with van der Waals surface area (Å²) in [6, 6.07) is 8.15. The number of hydrogen-bond acceptors (Lipinski definition) is 2. The lowest BCUT2D eigenvalue weighted by Crippen LogP contribution is -2.46. The summed E-state index contributed by atoms with van der Waals surface area (Å²) >= 11 is 3.53. The van der Waals surface area contributed by atoms with E-state index in [2.05, 4.69) is 22.0 Å². The van der Waals surface area contributed by atoms with Gasteiger partial charge in [0.05, 0.1) is 5.60 Å². The van der Waals surface area contributed by atoms with E-state index in [0.717, 1.165) is 10.9 Å². The van der Waals surface area contributed by atoms with Crippen molar-refractivity contribution in [3.05, 3.63) is 34.3 Å². The Morgan fingerprint density at radius 3 is 2.56 bits per heavy atom. The van der Waals surface area contributed by atoms with Gasteiger partial charge in [-0.3, -0.25) is 0 Å². The average Bonchev–Trinajstić information content (AvgIpc) is 2.21. The Kier molecular flexibility index (Phi) is 4.96. The van der Waals surface area contributed by atoms with Gasteiger partial charge in [-0.05, 0) is 38.8 Å². The maximum absolute atomic E-state index is 6.19. The molecule has 0 aliphatic rings. The molecule has 1 aromatic carbocycles. The van der Waals surface area contributed by atoms with Gasteiger partial charge in [0.25, 0.3) is 0 Å². The van der Waals surface area contributed by atoms with Crippen LogP contribution in [0, 0.1) is 0 Å². The summed E-state index contributed by atoms with van der Waals surface area (Å²) in [5, 5.41) is 0. The number of rotatable bonds is 5. The van der Waals surface area contributed by atoms with Crippen molar-refractivity contribution in [1.29, 1.82) is 0 Å². The molecule has 0 bridgehead atoms. The van der Waals surface area contributed by atoms with Crippen molar-refractivity contribution in [2.75, 3.05) is 6.61 Å². The Morgan fingerprint density at radius 2 is 2.00 bits per heavy atom. The van der Waals surface area contributed by atoms with E-state index < -0.39 is 0 Å². The number of hydrogen-bond donors (Lipinski definition) is 1. The predicted octanol–water partition coefficient (Wildman–Crippen LogP) is 3.13. The lowest BCUT2D eigenvalue weighted by molar-refractivity contribution is -0.0288. The van der Waals surface area contributed by atoms with Crippen LogP contribution in [0.25, 0.3) is 0 Å². The molecule has 1 unspecified atom stereocenters. The molecule has 1 atom stereocenters. The third-order valence-electron chi connectivity index (χ3n) is 2.81. The van der Waals surface area contributed by atoms with Gasteiger partial charge >= 0.3 is 0 Å². The van der Waals surface area contributed by atoms with E-state index in [4.69, 9.17) is 10.5 Å². The molecule has 90 valence electrons. The van der Waals surface area contributed by atoms with Gasteiger partial charge in [-0.15, -0.1) is 0 Å². The first-order valence-corrected chi connectivity index (χ1v) is 6.39. The highest BCUT2D eigenvalue weighted by Gasteiger charge is 2.27. The molecule has 2 nitrogen and oxygen atoms in total. The van der Waals surface area contributed by atoms with E-state index in [1.165, 1.54) is 5.56 Å². The lowest BCUT2D eigenvalue weighted by atomic mass is 9.93. The minimum absolute atomic E-state index is 0.00819. The fourth-order valence-electron chi connectivity index (χ4n) is 1.63. The van der Waals surface area contributed by atoms with Crippen molar-refractivity contribution in [1.82, 2.24) is 0 Å². The second-order valence-corrected chi connectivity index (χ2v) is 5.29. The summed E-state index contributed by atoms with van der Waals surface area (Å²) in [5.74, 6) is 0. The number of nitrogens with two attached hydrogens (primary N) is 1. The molecule has 0 saturated carbocycles. The van der Waals surface area contributed by atoms with E-state index in [9.17, 15) is 0 Å². The van der Waals surface area contributed by atoms with Gasteiger partial charge in [0.2, 0.25) is 0 Å². The summed E-state index contributed by atoms with van der Waals surface area (Å²) in [5.41, 5.74) is 7.13. The molecule has 0 saturated heterocycles. The quantitative estimate of drug-likeness (QED) is 0.902. The summed E-state index contributed by atoms with van der Waals surface area (Å²) in [6.45, 7) is 6.76. The SMILES string of the molecule is CCOC(C)(C)C(N)Cc1ccccc1Br. The van der Waals surface area contributed by atoms with Crippen molar-refractivity contribution in [3.8, 4) is 0 Å². The minimum Gasteiger partial charge on any atom is -0.374 e. The second-order valence-electron chi connectivity index (χ2n) is 4.44. The largest absolute Gasteiger partial charge is 0.374 e. The smallest absolute Gasteiger partial charge is 0.0779 e. The molecule has 0 aliphatic carbocycles. The van der Waals surface area contributed by atoms with Gasteiger partial charge in [0, 0.05) is 17.1 Å². The van der Waals surface area contributed by atoms with Crippen LogP contribution in [0.2, 0.25) is 0 Å². The highest BCUT2D eigenvalue weighted by Crippen LogP contribution is 2.22. The molecule has 3 heteroatoms. The third-order valence-corrected chi connectivity index (χ3v) is 3.58. The predicted molar refractivity (Wildman–Crippen MR) is 71.5 cm³/mol. The van der Waals surface area contributed by atoms with Crippen LogP contribution in [-0.4, -0.2) is 18.2 Å². The molecule has 0 radical (unpaired) electrons. The molecule has 16 heavy (non-hydrogen) atoms. The van der Waals surface area contributed by atoms with Crippen molar-refractivity contribution in [3.63, 3.8) is 0 Å². The van der Waals surface area contributed by atoms with Crippen molar-refractivity contribution >= 4 is 15.9 Å². The second kappa shape index (κ2) is 5.80. The van der Waals surface area contributed by atoms with E-state index >= 15 is 0 Å². The van der Waals surface area contributed by atoms with Gasteiger partial charge in [-0.2, -0.15) is 0 Å². The van der Waals surface area contributed by atoms with E-state index in [-0.39, 0.29) is 11.6 Å². The van der Waals surface area contributed by atoms with Crippen molar-refractivity contribution in [2.24, 2.45) is 5.73 Å². The molecule has 0 aromatic heterocycles. The topological polar surface area (TPSA) is 35.2 Å². The monoisotopic (exact) mass is 285 g/mol. The fraction of sp³-hybridized carbons (Fsp3) is 0.538. The normalized spacial score (nSPS) is 13.8. The van der Waals surface area contributed by atoms with Crippen molar-refractivity contribution in [2.45, 2.75) is 38.8 Å². The van der Waals surface area contributed by atoms with Crippen LogP contribution < -0.4 is 5.73 Å². The first-order valence-electron chi connectivity index (χ1n) is 5.60. The van der Waals surface area contributed by atoms with Crippen LogP contribution in [0.15, 0.2) is 28.7 Å². The van der Waals surface area contributed by atoms with Gasteiger partial charge in [-0.1, -0.05) is 34.1 Å². The van der Waals surface area contributed by atoms with Crippen LogP contribution in [0.4, 0.5) is 0 Å². The van der Waals surface area contributed by atoms with Gasteiger partial charge in [-0.25, -0.2) is 0 Å². The Morgan fingerprint density at radius 1 is 1.38 bits per heavy atom. The fourth-order valence-corrected chi connectivity index (χ4v) is 2.07. The first kappa shape index (κ1) is 13.7. The summed E-state index contributed by atoms with van der Waals surface area (Å²) in [7, 11) is 0. The molecular formula is C13H20BrNO. The van der Waals surface area contributed by atoms with Gasteiger partial charge in [0.15, 0.2) is 0 Å².